The second-order valence-electron chi connectivity index (χ2n) is 9.73. The predicted molar refractivity (Wildman–Crippen MR) is 159 cm³/mol. The Morgan fingerprint density at radius 2 is 1.68 bits per heavy atom. The summed E-state index contributed by atoms with van der Waals surface area (Å²) < 4.78 is 11.7. The van der Waals surface area contributed by atoms with Gasteiger partial charge in [0.25, 0.3) is 5.69 Å². The SMILES string of the molecule is COc1ccc(N(C(N)=Nc2ccc3c(c2)C=CC(C)(CCc2ccccc2)O3)c2ccc([N+](=O)[O-])cc2)cc1. The first-order valence-corrected chi connectivity index (χ1v) is 12.9. The van der Waals surface area contributed by atoms with E-state index in [9.17, 15) is 10.1 Å². The van der Waals surface area contributed by atoms with Crippen molar-refractivity contribution in [3.63, 3.8) is 0 Å². The average molecular weight is 535 g/mol. The molecular weight excluding hydrogens is 504 g/mol. The number of methoxy groups -OCH3 is 1. The third-order valence-electron chi connectivity index (χ3n) is 6.83. The van der Waals surface area contributed by atoms with Crippen LogP contribution in [0.1, 0.15) is 24.5 Å². The van der Waals surface area contributed by atoms with Crippen LogP contribution in [0.3, 0.4) is 0 Å². The number of benzene rings is 4. The number of rotatable bonds is 8. The Morgan fingerprint density at radius 1 is 1.00 bits per heavy atom. The molecule has 0 aromatic heterocycles. The fraction of sp³-hybridized carbons (Fsp3) is 0.156. The van der Waals surface area contributed by atoms with Crippen LogP contribution >= 0.6 is 0 Å². The van der Waals surface area contributed by atoms with Crippen molar-refractivity contribution in [3.05, 3.63) is 124 Å². The lowest BCUT2D eigenvalue weighted by Gasteiger charge is -2.32. The van der Waals surface area contributed by atoms with Gasteiger partial charge in [-0.2, -0.15) is 0 Å². The minimum atomic E-state index is -0.436. The van der Waals surface area contributed by atoms with Crippen LogP contribution in [0.2, 0.25) is 0 Å². The van der Waals surface area contributed by atoms with Crippen LogP contribution in [0.5, 0.6) is 11.5 Å². The summed E-state index contributed by atoms with van der Waals surface area (Å²) in [7, 11) is 1.60. The summed E-state index contributed by atoms with van der Waals surface area (Å²) in [6, 6.07) is 29.6. The monoisotopic (exact) mass is 534 g/mol. The van der Waals surface area contributed by atoms with Gasteiger partial charge in [-0.05, 0) is 86.0 Å². The van der Waals surface area contributed by atoms with Gasteiger partial charge in [-0.3, -0.25) is 15.0 Å². The molecule has 5 rings (SSSR count). The molecule has 1 atom stereocenters. The van der Waals surface area contributed by atoms with Gasteiger partial charge < -0.3 is 15.2 Å². The fourth-order valence-corrected chi connectivity index (χ4v) is 4.60. The molecule has 0 radical (unpaired) electrons. The molecule has 8 heteroatoms. The second kappa shape index (κ2) is 11.3. The average Bonchev–Trinajstić information content (AvgIpc) is 2.97. The molecule has 4 aromatic rings. The van der Waals surface area contributed by atoms with Gasteiger partial charge >= 0.3 is 0 Å². The maximum atomic E-state index is 11.2. The van der Waals surface area contributed by atoms with Crippen molar-refractivity contribution >= 4 is 34.8 Å². The fourth-order valence-electron chi connectivity index (χ4n) is 4.60. The van der Waals surface area contributed by atoms with Crippen molar-refractivity contribution in [1.29, 1.82) is 0 Å². The molecule has 202 valence electrons. The van der Waals surface area contributed by atoms with Crippen LogP contribution in [0.15, 0.2) is 108 Å². The van der Waals surface area contributed by atoms with Gasteiger partial charge in [0.15, 0.2) is 0 Å². The van der Waals surface area contributed by atoms with E-state index in [2.05, 4.69) is 43.3 Å². The molecule has 8 nitrogen and oxygen atoms in total. The maximum Gasteiger partial charge on any atom is 0.269 e. The number of nitrogens with two attached hydrogens (primary N) is 1. The summed E-state index contributed by atoms with van der Waals surface area (Å²) in [4.78, 5) is 17.2. The molecular formula is C32H30N4O4. The Kier molecular flexibility index (Phi) is 7.50. The summed E-state index contributed by atoms with van der Waals surface area (Å²) >= 11 is 0. The zero-order valence-electron chi connectivity index (χ0n) is 22.4. The number of non-ortho nitro benzene ring substituents is 1. The number of anilines is 2. The highest BCUT2D eigenvalue weighted by atomic mass is 16.6. The molecule has 1 aliphatic rings. The van der Waals surface area contributed by atoms with E-state index in [-0.39, 0.29) is 11.6 Å². The van der Waals surface area contributed by atoms with Crippen LogP contribution in [0, 0.1) is 10.1 Å². The van der Waals surface area contributed by atoms with Crippen LogP contribution in [0.25, 0.3) is 6.08 Å². The molecule has 1 unspecified atom stereocenters. The highest BCUT2D eigenvalue weighted by molar-refractivity contribution is 6.03. The van der Waals surface area contributed by atoms with Gasteiger partial charge in [0.2, 0.25) is 5.96 Å². The number of hydrogen-bond donors (Lipinski definition) is 1. The van der Waals surface area contributed by atoms with Crippen molar-refractivity contribution in [2.45, 2.75) is 25.4 Å². The van der Waals surface area contributed by atoms with Gasteiger partial charge in [0.1, 0.15) is 17.1 Å². The zero-order chi connectivity index (χ0) is 28.1. The largest absolute Gasteiger partial charge is 0.497 e. The molecule has 0 amide bonds. The second-order valence-corrected chi connectivity index (χ2v) is 9.73. The van der Waals surface area contributed by atoms with E-state index in [1.807, 2.05) is 48.5 Å². The number of hydrogen-bond acceptors (Lipinski definition) is 5. The van der Waals surface area contributed by atoms with E-state index >= 15 is 0 Å². The van der Waals surface area contributed by atoms with Crippen LogP contribution in [-0.2, 0) is 6.42 Å². The number of fused-ring (bicyclic) bond motifs is 1. The van der Waals surface area contributed by atoms with E-state index in [0.29, 0.717) is 17.1 Å². The molecule has 0 saturated heterocycles. The normalized spacial score (nSPS) is 16.1. The lowest BCUT2D eigenvalue weighted by atomic mass is 9.93. The summed E-state index contributed by atoms with van der Waals surface area (Å²) in [5.74, 6) is 1.69. The molecule has 1 aliphatic heterocycles. The number of aryl methyl sites for hydroxylation is 1. The lowest BCUT2D eigenvalue weighted by molar-refractivity contribution is -0.384. The molecule has 0 aliphatic carbocycles. The van der Waals surface area contributed by atoms with Crippen molar-refractivity contribution in [3.8, 4) is 11.5 Å². The third-order valence-corrected chi connectivity index (χ3v) is 6.83. The van der Waals surface area contributed by atoms with Gasteiger partial charge in [-0.25, -0.2) is 4.99 Å². The minimum Gasteiger partial charge on any atom is -0.497 e. The van der Waals surface area contributed by atoms with Gasteiger partial charge in [0.05, 0.1) is 17.7 Å². The number of nitro benzene ring substituents is 1. The van der Waals surface area contributed by atoms with Crippen LogP contribution in [0.4, 0.5) is 22.7 Å². The Morgan fingerprint density at radius 3 is 2.33 bits per heavy atom. The summed E-state index contributed by atoms with van der Waals surface area (Å²) in [5.41, 5.74) is 10.3. The Balaban J connectivity index is 1.40. The molecule has 40 heavy (non-hydrogen) atoms. The van der Waals surface area contributed by atoms with Crippen molar-refractivity contribution in [1.82, 2.24) is 0 Å². The van der Waals surface area contributed by atoms with E-state index in [4.69, 9.17) is 20.2 Å². The Bertz CT molecular complexity index is 1550. The van der Waals surface area contributed by atoms with Gasteiger partial charge in [-0.15, -0.1) is 0 Å². The van der Waals surface area contributed by atoms with Crippen LogP contribution in [-0.4, -0.2) is 23.6 Å². The number of aliphatic imine (C=N–C) groups is 1. The van der Waals surface area contributed by atoms with E-state index in [1.165, 1.54) is 17.7 Å². The Hall–Kier alpha value is -5.11. The summed E-state index contributed by atoms with van der Waals surface area (Å²) in [5, 5.41) is 11.2. The number of ether oxygens (including phenoxy) is 2. The molecule has 2 N–H and O–H groups in total. The molecule has 0 spiro atoms. The van der Waals surface area contributed by atoms with Crippen molar-refractivity contribution in [2.75, 3.05) is 12.0 Å². The first-order valence-electron chi connectivity index (χ1n) is 12.9. The quantitative estimate of drug-likeness (QED) is 0.111. The zero-order valence-corrected chi connectivity index (χ0v) is 22.4. The maximum absolute atomic E-state index is 11.2. The smallest absolute Gasteiger partial charge is 0.269 e. The molecule has 0 bridgehead atoms. The topological polar surface area (TPSA) is 103 Å². The summed E-state index contributed by atoms with van der Waals surface area (Å²) in [6.45, 7) is 2.09. The standard InChI is InChI=1S/C32H30N4O4/c1-32(20-18-23-6-4-3-5-7-23)21-19-24-22-25(8-17-30(24)40-32)34-31(33)35(27-13-15-29(39-2)16-14-27)26-9-11-28(12-10-26)36(37)38/h3-17,19,21-22H,18,20H2,1-2H3,(H2,33,34). The highest BCUT2D eigenvalue weighted by Gasteiger charge is 2.27. The van der Waals surface area contributed by atoms with Crippen LogP contribution < -0.4 is 20.1 Å². The lowest BCUT2D eigenvalue weighted by Crippen LogP contribution is -2.33. The highest BCUT2D eigenvalue weighted by Crippen LogP contribution is 2.36. The molecule has 1 heterocycles. The number of guanidine groups is 1. The van der Waals surface area contributed by atoms with E-state index in [1.54, 1.807) is 24.1 Å². The van der Waals surface area contributed by atoms with E-state index < -0.39 is 10.5 Å². The Labute approximate surface area is 233 Å². The molecule has 0 saturated carbocycles. The third kappa shape index (κ3) is 5.96. The van der Waals surface area contributed by atoms with Gasteiger partial charge in [-0.1, -0.05) is 36.4 Å². The predicted octanol–water partition coefficient (Wildman–Crippen LogP) is 7.19. The van der Waals surface area contributed by atoms with E-state index in [0.717, 1.165) is 29.8 Å². The van der Waals surface area contributed by atoms with Gasteiger partial charge in [0, 0.05) is 29.1 Å². The minimum absolute atomic E-state index is 0.00816. The van der Waals surface area contributed by atoms with Crippen molar-refractivity contribution in [2.24, 2.45) is 10.7 Å². The number of nitrogens with zero attached hydrogens (tertiary/aromatic N) is 3. The molecule has 4 aromatic carbocycles. The summed E-state index contributed by atoms with van der Waals surface area (Å²) in [6.07, 6.45) is 5.93. The molecule has 0 fully saturated rings. The van der Waals surface area contributed by atoms with Crippen molar-refractivity contribution < 1.29 is 14.4 Å². The first kappa shape index (κ1) is 26.5. The first-order chi connectivity index (χ1) is 19.3. The number of nitro groups is 1.